The molecule has 0 spiro atoms. The Morgan fingerprint density at radius 1 is 0.393 bits per heavy atom. The Hall–Kier alpha value is -7.44. The molecule has 0 unspecified atom stereocenters. The van der Waals surface area contributed by atoms with Gasteiger partial charge in [-0.1, -0.05) is 188 Å². The highest BCUT2D eigenvalue weighted by Crippen LogP contribution is 2.44. The number of pyridine rings is 1. The Kier molecular flexibility index (Phi) is 9.19. The predicted molar refractivity (Wildman–Crippen MR) is 252 cm³/mol. The van der Waals surface area contributed by atoms with E-state index in [1.54, 1.807) is 0 Å². The molecule has 0 saturated heterocycles. The first-order chi connectivity index (χ1) is 30.1. The Morgan fingerprint density at radius 2 is 0.885 bits per heavy atom. The number of hydrogen-bond donors (Lipinski definition) is 0. The molecule has 0 aliphatic heterocycles. The van der Waals surface area contributed by atoms with Crippen LogP contribution in [-0.4, -0.2) is 23.7 Å². The van der Waals surface area contributed by atoms with Gasteiger partial charge in [0.2, 0.25) is 0 Å². The lowest BCUT2D eigenvalue weighted by molar-refractivity contribution is 0.592. The Labute approximate surface area is 356 Å². The molecule has 11 aromatic rings. The summed E-state index contributed by atoms with van der Waals surface area (Å²) in [6.45, 7) is 0. The first-order valence-electron chi connectivity index (χ1n) is 20.0. The Bertz CT molecular complexity index is 3370. The quantitative estimate of drug-likeness (QED) is 0.112. The van der Waals surface area contributed by atoms with Crippen molar-refractivity contribution in [3.8, 4) is 56.3 Å². The number of benzene rings is 8. The van der Waals surface area contributed by atoms with E-state index in [0.717, 1.165) is 99.1 Å². The summed E-state index contributed by atoms with van der Waals surface area (Å²) in [6.07, 6.45) is 0. The van der Waals surface area contributed by atoms with Crippen LogP contribution in [0, 0.1) is 0 Å². The molecule has 3 aromatic heterocycles. The zero-order valence-electron chi connectivity index (χ0n) is 32.6. The lowest BCUT2D eigenvalue weighted by Crippen LogP contribution is -2.24. The fourth-order valence-corrected chi connectivity index (χ4v) is 11.5. The van der Waals surface area contributed by atoms with Crippen molar-refractivity contribution in [1.82, 2.24) is 23.7 Å². The van der Waals surface area contributed by atoms with Gasteiger partial charge in [0.25, 0.3) is 0 Å². The van der Waals surface area contributed by atoms with E-state index >= 15 is 4.57 Å². The third kappa shape index (κ3) is 6.52. The van der Waals surface area contributed by atoms with Gasteiger partial charge in [0, 0.05) is 59.9 Å². The third-order valence-electron chi connectivity index (χ3n) is 11.3. The van der Waals surface area contributed by atoms with E-state index in [-0.39, 0.29) is 0 Å². The second-order valence-electron chi connectivity index (χ2n) is 14.9. The van der Waals surface area contributed by atoms with Gasteiger partial charge < -0.3 is 4.57 Å². The van der Waals surface area contributed by atoms with Crippen LogP contribution in [-0.2, 0) is 4.57 Å². The summed E-state index contributed by atoms with van der Waals surface area (Å²) in [5.74, 6) is 0.624. The molecule has 0 amide bonds. The fraction of sp³-hybridized carbons (Fsp3) is 0. The molecular formula is C53H34N5OPS. The molecular weight excluding hydrogens is 786 g/mol. The van der Waals surface area contributed by atoms with Gasteiger partial charge in [0.15, 0.2) is 13.0 Å². The molecule has 61 heavy (non-hydrogen) atoms. The predicted octanol–water partition coefficient (Wildman–Crippen LogP) is 12.2. The SMILES string of the molecule is O=P(c1ccccc1)(c1ccccc1)c1ccc(-c2cc(-c3ccc(-c4cc5c(-c6ccccc6)nc6ccccc6c5c5nsnc45)cc3)nc(-c3ccccc3)n2)cc1. The summed E-state index contributed by atoms with van der Waals surface area (Å²) in [7, 11) is -3.13. The van der Waals surface area contributed by atoms with Crippen LogP contribution in [0.3, 0.4) is 0 Å². The summed E-state index contributed by atoms with van der Waals surface area (Å²) >= 11 is 1.23. The molecule has 0 fully saturated rings. The molecule has 3 heterocycles. The number of para-hydroxylation sites is 1. The molecule has 0 radical (unpaired) electrons. The highest BCUT2D eigenvalue weighted by molar-refractivity contribution is 7.85. The minimum absolute atomic E-state index is 0.624. The molecule has 11 rings (SSSR count). The van der Waals surface area contributed by atoms with Crippen LogP contribution in [0.5, 0.6) is 0 Å². The van der Waals surface area contributed by atoms with Crippen LogP contribution in [0.2, 0.25) is 0 Å². The van der Waals surface area contributed by atoms with E-state index in [9.17, 15) is 0 Å². The van der Waals surface area contributed by atoms with Crippen molar-refractivity contribution in [2.24, 2.45) is 0 Å². The fourth-order valence-electron chi connectivity index (χ4n) is 8.25. The van der Waals surface area contributed by atoms with Gasteiger partial charge in [-0.2, -0.15) is 8.75 Å². The summed E-state index contributed by atoms with van der Waals surface area (Å²) < 4.78 is 24.8. The summed E-state index contributed by atoms with van der Waals surface area (Å²) in [5, 5.41) is 5.51. The molecule has 0 bridgehead atoms. The molecule has 0 atom stereocenters. The smallest absolute Gasteiger partial charge is 0.171 e. The largest absolute Gasteiger partial charge is 0.309 e. The Morgan fingerprint density at radius 3 is 1.51 bits per heavy atom. The average Bonchev–Trinajstić information content (AvgIpc) is 3.85. The van der Waals surface area contributed by atoms with Crippen molar-refractivity contribution in [1.29, 1.82) is 0 Å². The first kappa shape index (κ1) is 36.6. The van der Waals surface area contributed by atoms with Gasteiger partial charge in [-0.15, -0.1) is 0 Å². The summed E-state index contributed by atoms with van der Waals surface area (Å²) in [5.41, 5.74) is 11.0. The number of aromatic nitrogens is 5. The number of hydrogen-bond acceptors (Lipinski definition) is 7. The molecule has 0 aliphatic rings. The van der Waals surface area contributed by atoms with Gasteiger partial charge in [-0.3, -0.25) is 0 Å². The lowest BCUT2D eigenvalue weighted by atomic mass is 9.93. The molecule has 0 aliphatic carbocycles. The Balaban J connectivity index is 1.01. The number of fused-ring (bicyclic) bond motifs is 5. The molecule has 0 saturated carbocycles. The van der Waals surface area contributed by atoms with Gasteiger partial charge >= 0.3 is 0 Å². The van der Waals surface area contributed by atoms with Crippen molar-refractivity contribution in [3.05, 3.63) is 206 Å². The molecule has 8 aromatic carbocycles. The van der Waals surface area contributed by atoms with E-state index in [2.05, 4.69) is 60.7 Å². The third-order valence-corrected chi connectivity index (χ3v) is 14.9. The highest BCUT2D eigenvalue weighted by atomic mass is 32.1. The van der Waals surface area contributed by atoms with Crippen LogP contribution < -0.4 is 15.9 Å². The maximum atomic E-state index is 15.1. The average molecular weight is 820 g/mol. The summed E-state index contributed by atoms with van der Waals surface area (Å²) in [6, 6.07) is 68.9. The van der Waals surface area contributed by atoms with E-state index in [4.69, 9.17) is 23.7 Å². The highest BCUT2D eigenvalue weighted by Gasteiger charge is 2.29. The van der Waals surface area contributed by atoms with Crippen molar-refractivity contribution in [2.75, 3.05) is 0 Å². The van der Waals surface area contributed by atoms with Gasteiger partial charge in [0.05, 0.1) is 34.3 Å². The maximum Gasteiger partial charge on any atom is 0.171 e. The van der Waals surface area contributed by atoms with Crippen molar-refractivity contribution >= 4 is 67.5 Å². The zero-order valence-corrected chi connectivity index (χ0v) is 34.3. The monoisotopic (exact) mass is 819 g/mol. The molecule has 288 valence electrons. The van der Waals surface area contributed by atoms with Crippen molar-refractivity contribution < 1.29 is 4.57 Å². The minimum atomic E-state index is -3.13. The standard InChI is InChI=1S/C53H34N5OPS/c59-60(40-19-9-3-10-20-40,41-21-11-4-12-22-41)42-31-29-37(30-32-42)48-34-47(55-53(56-48)39-17-7-2-8-18-39)36-27-25-35(26-28-36)44-33-45-49(52-51(44)57-61-58-52)43-23-13-14-24-46(43)54-50(45)38-15-5-1-6-16-38/h1-34H. The molecule has 6 nitrogen and oxygen atoms in total. The topological polar surface area (TPSA) is 81.5 Å². The number of nitrogens with zero attached hydrogens (tertiary/aromatic N) is 5. The zero-order chi connectivity index (χ0) is 40.8. The summed E-state index contributed by atoms with van der Waals surface area (Å²) in [4.78, 5) is 15.4. The van der Waals surface area contributed by atoms with Crippen molar-refractivity contribution in [2.45, 2.75) is 0 Å². The van der Waals surface area contributed by atoms with Crippen molar-refractivity contribution in [3.63, 3.8) is 0 Å². The van der Waals surface area contributed by atoms with Crippen LogP contribution in [0.25, 0.3) is 89.0 Å². The van der Waals surface area contributed by atoms with Gasteiger partial charge in [-0.05, 0) is 23.8 Å². The minimum Gasteiger partial charge on any atom is -0.309 e. The van der Waals surface area contributed by atoms with E-state index < -0.39 is 7.14 Å². The first-order valence-corrected chi connectivity index (χ1v) is 22.5. The van der Waals surface area contributed by atoms with E-state index in [0.29, 0.717) is 5.82 Å². The molecule has 0 N–H and O–H groups in total. The van der Waals surface area contributed by atoms with Crippen LogP contribution in [0.1, 0.15) is 0 Å². The molecule has 8 heteroatoms. The van der Waals surface area contributed by atoms with Crippen LogP contribution in [0.4, 0.5) is 0 Å². The van der Waals surface area contributed by atoms with E-state index in [1.807, 2.05) is 146 Å². The lowest BCUT2D eigenvalue weighted by Gasteiger charge is -2.20. The number of rotatable bonds is 8. The normalized spacial score (nSPS) is 11.7. The van der Waals surface area contributed by atoms with Gasteiger partial charge in [-0.25, -0.2) is 15.0 Å². The van der Waals surface area contributed by atoms with Crippen LogP contribution in [0.15, 0.2) is 206 Å². The second-order valence-corrected chi connectivity index (χ2v) is 18.2. The second kappa shape index (κ2) is 15.3. The van der Waals surface area contributed by atoms with Gasteiger partial charge in [0.1, 0.15) is 11.0 Å². The van der Waals surface area contributed by atoms with Crippen LogP contribution >= 0.6 is 18.9 Å². The van der Waals surface area contributed by atoms with E-state index in [1.165, 1.54) is 11.7 Å². The maximum absolute atomic E-state index is 15.1.